The zero-order valence-electron chi connectivity index (χ0n) is 15.1. The van der Waals surface area contributed by atoms with Crippen molar-refractivity contribution in [2.45, 2.75) is 25.9 Å². The van der Waals surface area contributed by atoms with E-state index in [-0.39, 0.29) is 12.1 Å². The maximum Gasteiger partial charge on any atom is 0.0721 e. The van der Waals surface area contributed by atoms with Crippen molar-refractivity contribution in [3.63, 3.8) is 0 Å². The Morgan fingerprint density at radius 1 is 0.667 bits per heavy atom. The van der Waals surface area contributed by atoms with Gasteiger partial charge in [-0.05, 0) is 61.4 Å². The van der Waals surface area contributed by atoms with Crippen LogP contribution in [0.25, 0.3) is 0 Å². The number of hydrogen-bond acceptors (Lipinski definition) is 3. The third-order valence-corrected chi connectivity index (χ3v) is 6.21. The molecular weight excluding hydrogens is 484 g/mol. The topological polar surface area (TPSA) is 24.7 Å². The predicted octanol–water partition coefficient (Wildman–Crippen LogP) is 7.63. The molecule has 27 heavy (non-hydrogen) atoms. The molecule has 0 spiro atoms. The molecule has 0 radical (unpaired) electrons. The van der Waals surface area contributed by atoms with Crippen molar-refractivity contribution in [3.8, 4) is 0 Å². The summed E-state index contributed by atoms with van der Waals surface area (Å²) in [7, 11) is 0. The van der Waals surface area contributed by atoms with Crippen LogP contribution in [-0.2, 0) is 0 Å². The van der Waals surface area contributed by atoms with Crippen molar-refractivity contribution in [2.75, 3.05) is 0 Å². The lowest BCUT2D eigenvalue weighted by Crippen LogP contribution is -1.90. The van der Waals surface area contributed by atoms with E-state index in [1.54, 1.807) is 11.3 Å². The molecule has 1 heterocycles. The molecule has 138 valence electrons. The fraction of sp³-hybridized carbons (Fsp3) is 0.182. The summed E-state index contributed by atoms with van der Waals surface area (Å²) in [5.41, 5.74) is 2.41. The van der Waals surface area contributed by atoms with Gasteiger partial charge < -0.3 is 0 Å². The summed E-state index contributed by atoms with van der Waals surface area (Å²) < 4.78 is 2.17. The summed E-state index contributed by atoms with van der Waals surface area (Å²) in [5, 5.41) is 0. The van der Waals surface area contributed by atoms with Crippen molar-refractivity contribution >= 4 is 55.6 Å². The second-order valence-corrected chi connectivity index (χ2v) is 9.23. The molecule has 2 nitrogen and oxygen atoms in total. The molecular formula is C22H20Br2N2S. The van der Waals surface area contributed by atoms with Gasteiger partial charge in [0.1, 0.15) is 0 Å². The Kier molecular flexibility index (Phi) is 7.16. The van der Waals surface area contributed by atoms with Gasteiger partial charge in [0.15, 0.2) is 0 Å². The average Bonchev–Trinajstić information content (AvgIpc) is 3.13. The second kappa shape index (κ2) is 9.58. The Balaban J connectivity index is 1.62. The number of thiophene rings is 1. The first-order valence-electron chi connectivity index (χ1n) is 8.68. The first-order chi connectivity index (χ1) is 13.0. The highest BCUT2D eigenvalue weighted by Crippen LogP contribution is 2.22. The largest absolute Gasteiger partial charge is 0.284 e. The first-order valence-corrected chi connectivity index (χ1v) is 11.1. The predicted molar refractivity (Wildman–Crippen MR) is 125 cm³/mol. The molecule has 2 atom stereocenters. The summed E-state index contributed by atoms with van der Waals surface area (Å²) in [6, 6.07) is 21.0. The fourth-order valence-corrected chi connectivity index (χ4v) is 3.83. The Morgan fingerprint density at radius 2 is 1.04 bits per heavy atom. The quantitative estimate of drug-likeness (QED) is 0.309. The van der Waals surface area contributed by atoms with Gasteiger partial charge in [0.2, 0.25) is 0 Å². The highest BCUT2D eigenvalue weighted by molar-refractivity contribution is 9.10. The Hall–Kier alpha value is -1.56. The molecule has 2 aromatic carbocycles. The molecule has 1 aromatic heterocycles. The van der Waals surface area contributed by atoms with Crippen LogP contribution in [-0.4, -0.2) is 12.4 Å². The summed E-state index contributed by atoms with van der Waals surface area (Å²) >= 11 is 8.63. The van der Waals surface area contributed by atoms with E-state index in [1.165, 1.54) is 11.1 Å². The van der Waals surface area contributed by atoms with Crippen molar-refractivity contribution in [3.05, 3.63) is 90.5 Å². The first kappa shape index (κ1) is 20.2. The van der Waals surface area contributed by atoms with Crippen LogP contribution in [0.2, 0.25) is 0 Å². The number of aliphatic imine (C=N–C) groups is 2. The van der Waals surface area contributed by atoms with Gasteiger partial charge in [0, 0.05) is 31.1 Å². The van der Waals surface area contributed by atoms with Crippen LogP contribution in [0.3, 0.4) is 0 Å². The molecule has 0 aliphatic heterocycles. The van der Waals surface area contributed by atoms with Gasteiger partial charge in [-0.1, -0.05) is 56.1 Å². The van der Waals surface area contributed by atoms with Crippen LogP contribution in [0.1, 0.15) is 46.8 Å². The number of hydrogen-bond donors (Lipinski definition) is 0. The molecule has 0 aliphatic rings. The molecule has 3 rings (SSSR count). The van der Waals surface area contributed by atoms with E-state index in [2.05, 4.69) is 92.1 Å². The third kappa shape index (κ3) is 5.96. The van der Waals surface area contributed by atoms with Gasteiger partial charge in [-0.15, -0.1) is 11.3 Å². The molecule has 0 saturated heterocycles. The van der Waals surface area contributed by atoms with Crippen molar-refractivity contribution in [2.24, 2.45) is 9.98 Å². The van der Waals surface area contributed by atoms with E-state index in [0.717, 1.165) is 18.7 Å². The van der Waals surface area contributed by atoms with Crippen LogP contribution >= 0.6 is 43.2 Å². The Bertz CT molecular complexity index is 852. The van der Waals surface area contributed by atoms with Crippen LogP contribution in [0.5, 0.6) is 0 Å². The molecule has 5 heteroatoms. The van der Waals surface area contributed by atoms with E-state index in [0.29, 0.717) is 0 Å². The monoisotopic (exact) mass is 502 g/mol. The zero-order valence-corrected chi connectivity index (χ0v) is 19.1. The Morgan fingerprint density at radius 3 is 1.41 bits per heavy atom. The summed E-state index contributed by atoms with van der Waals surface area (Å²) in [6.45, 7) is 4.21. The Labute approximate surface area is 181 Å². The standard InChI is InChI=1S/C22H20Br2N2S/c1-15(17-3-7-19(23)8-4-17)25-13-21-11-12-22(27-21)14-26-16(2)18-5-9-20(24)10-6-18/h3-16H,1-2H3/t15-,16-/m0/s1. The van der Waals surface area contributed by atoms with Crippen LogP contribution in [0.15, 0.2) is 79.6 Å². The molecule has 0 bridgehead atoms. The molecule has 0 fully saturated rings. The molecule has 0 saturated carbocycles. The second-order valence-electron chi connectivity index (χ2n) is 6.25. The minimum Gasteiger partial charge on any atom is -0.284 e. The highest BCUT2D eigenvalue weighted by atomic mass is 79.9. The van der Waals surface area contributed by atoms with E-state index in [9.17, 15) is 0 Å². The van der Waals surface area contributed by atoms with E-state index >= 15 is 0 Å². The van der Waals surface area contributed by atoms with Gasteiger partial charge in [-0.2, -0.15) is 0 Å². The van der Waals surface area contributed by atoms with E-state index in [4.69, 9.17) is 0 Å². The lowest BCUT2D eigenvalue weighted by atomic mass is 10.1. The minimum atomic E-state index is 0.134. The van der Waals surface area contributed by atoms with Crippen molar-refractivity contribution in [1.82, 2.24) is 0 Å². The third-order valence-electron chi connectivity index (χ3n) is 4.20. The SMILES string of the molecule is C[C@H](N=Cc1ccc(C=N[C@@H](C)c2ccc(Br)cc2)s1)c1ccc(Br)cc1. The summed E-state index contributed by atoms with van der Waals surface area (Å²) in [6.07, 6.45) is 3.90. The fourth-order valence-electron chi connectivity index (χ4n) is 2.53. The van der Waals surface area contributed by atoms with Gasteiger partial charge in [-0.25, -0.2) is 0 Å². The zero-order chi connectivity index (χ0) is 19.2. The van der Waals surface area contributed by atoms with Gasteiger partial charge in [0.25, 0.3) is 0 Å². The number of nitrogens with zero attached hydrogens (tertiary/aromatic N) is 2. The lowest BCUT2D eigenvalue weighted by molar-refractivity contribution is 0.825. The molecule has 0 amide bonds. The summed E-state index contributed by atoms with van der Waals surface area (Å²) in [5.74, 6) is 0. The number of benzene rings is 2. The van der Waals surface area contributed by atoms with Crippen LogP contribution < -0.4 is 0 Å². The van der Waals surface area contributed by atoms with Crippen LogP contribution in [0.4, 0.5) is 0 Å². The lowest BCUT2D eigenvalue weighted by Gasteiger charge is -2.06. The molecule has 3 aromatic rings. The summed E-state index contributed by atoms with van der Waals surface area (Å²) in [4.78, 5) is 11.6. The maximum absolute atomic E-state index is 4.68. The highest BCUT2D eigenvalue weighted by Gasteiger charge is 2.04. The van der Waals surface area contributed by atoms with Crippen LogP contribution in [0, 0.1) is 0 Å². The molecule has 0 N–H and O–H groups in total. The molecule has 0 aliphatic carbocycles. The maximum atomic E-state index is 4.68. The average molecular weight is 504 g/mol. The van der Waals surface area contributed by atoms with Gasteiger partial charge in [0.05, 0.1) is 12.1 Å². The van der Waals surface area contributed by atoms with E-state index in [1.807, 2.05) is 36.7 Å². The molecule has 0 unspecified atom stereocenters. The van der Waals surface area contributed by atoms with Gasteiger partial charge >= 0.3 is 0 Å². The normalized spacial score (nSPS) is 14.1. The van der Waals surface area contributed by atoms with Crippen molar-refractivity contribution < 1.29 is 0 Å². The van der Waals surface area contributed by atoms with Crippen molar-refractivity contribution in [1.29, 1.82) is 0 Å². The number of rotatable bonds is 6. The van der Waals surface area contributed by atoms with Gasteiger partial charge in [-0.3, -0.25) is 9.98 Å². The number of halogens is 2. The minimum absolute atomic E-state index is 0.134. The van der Waals surface area contributed by atoms with E-state index < -0.39 is 0 Å². The smallest absolute Gasteiger partial charge is 0.0721 e.